The highest BCUT2D eigenvalue weighted by atomic mass is 19.1. The van der Waals surface area contributed by atoms with Crippen molar-refractivity contribution in [2.45, 2.75) is 53.4 Å². The number of halogens is 1. The van der Waals surface area contributed by atoms with Gasteiger partial charge in [0, 0.05) is 11.6 Å². The van der Waals surface area contributed by atoms with E-state index in [1.54, 1.807) is 34.6 Å². The Morgan fingerprint density at radius 1 is 1.43 bits per heavy atom. The van der Waals surface area contributed by atoms with Crippen molar-refractivity contribution in [1.29, 1.82) is 0 Å². The molecule has 1 aromatic rings. The molecule has 0 aromatic carbocycles. The van der Waals surface area contributed by atoms with E-state index in [9.17, 15) is 24.1 Å². The minimum atomic E-state index is -1.08. The van der Waals surface area contributed by atoms with Crippen molar-refractivity contribution in [2.24, 2.45) is 17.3 Å². The molecule has 2 atom stereocenters. The fourth-order valence-corrected chi connectivity index (χ4v) is 3.25. The van der Waals surface area contributed by atoms with Crippen molar-refractivity contribution in [3.05, 3.63) is 39.8 Å². The lowest BCUT2D eigenvalue weighted by atomic mass is 10.1. The van der Waals surface area contributed by atoms with E-state index in [1.165, 1.54) is 16.8 Å². The largest absolute Gasteiger partial charge is 0.460 e. The van der Waals surface area contributed by atoms with Gasteiger partial charge in [0.1, 0.15) is 12.2 Å². The first-order chi connectivity index (χ1) is 13.8. The van der Waals surface area contributed by atoms with Gasteiger partial charge in [0.05, 0.1) is 12.1 Å². The average Bonchev–Trinajstić information content (AvgIpc) is 2.95. The molecule has 9 heteroatoms. The average molecular weight is 420 g/mol. The van der Waals surface area contributed by atoms with Gasteiger partial charge in [0.2, 0.25) is 5.83 Å². The second kappa shape index (κ2) is 8.30. The molecule has 1 aliphatic carbocycles. The summed E-state index contributed by atoms with van der Waals surface area (Å²) >= 11 is 0. The molecule has 2 rings (SSSR count). The number of hydrogen-bond acceptors (Lipinski definition) is 6. The number of carbonyl (C=O) groups excluding carboxylic acids is 2. The summed E-state index contributed by atoms with van der Waals surface area (Å²) in [4.78, 5) is 34.8. The van der Waals surface area contributed by atoms with Gasteiger partial charge < -0.3 is 19.6 Å². The molecule has 1 heterocycles. The van der Waals surface area contributed by atoms with Crippen molar-refractivity contribution in [3.8, 4) is 12.3 Å². The first-order valence-electron chi connectivity index (χ1n) is 9.32. The van der Waals surface area contributed by atoms with E-state index in [0.29, 0.717) is 5.56 Å². The fraction of sp³-hybridized carbons (Fsp3) is 0.524. The van der Waals surface area contributed by atoms with Gasteiger partial charge in [-0.05, 0) is 43.1 Å². The van der Waals surface area contributed by atoms with Crippen LogP contribution in [0.15, 0.2) is 24.2 Å². The number of carbonyl (C=O) groups is 2. The minimum absolute atomic E-state index is 0.0106. The van der Waals surface area contributed by atoms with Gasteiger partial charge in [-0.25, -0.2) is 9.36 Å². The van der Waals surface area contributed by atoms with Crippen molar-refractivity contribution < 1.29 is 28.4 Å². The number of nitrogens with zero attached hydrogens (tertiary/aromatic N) is 2. The molecule has 8 nitrogen and oxygen atoms in total. The van der Waals surface area contributed by atoms with Gasteiger partial charge >= 0.3 is 17.8 Å². The van der Waals surface area contributed by atoms with Gasteiger partial charge in [-0.15, -0.1) is 6.42 Å². The lowest BCUT2D eigenvalue weighted by molar-refractivity contribution is -0.391. The van der Waals surface area contributed by atoms with E-state index in [4.69, 9.17) is 15.9 Å². The summed E-state index contributed by atoms with van der Waals surface area (Å²) in [5, 5.41) is 11.1. The van der Waals surface area contributed by atoms with Crippen molar-refractivity contribution in [2.75, 3.05) is 0 Å². The molecule has 0 saturated heterocycles. The second-order valence-electron chi connectivity index (χ2n) is 8.74. The molecule has 0 N–H and O–H groups in total. The van der Waals surface area contributed by atoms with E-state index in [-0.39, 0.29) is 19.0 Å². The van der Waals surface area contributed by atoms with Crippen LogP contribution in [0, 0.1) is 39.7 Å². The number of ether oxygens (including phenoxy) is 2. The smallest absolute Gasteiger partial charge is 0.367 e. The molecule has 1 aliphatic rings. The van der Waals surface area contributed by atoms with Gasteiger partial charge in [-0.3, -0.25) is 4.79 Å². The summed E-state index contributed by atoms with van der Waals surface area (Å²) in [7, 11) is 0. The van der Waals surface area contributed by atoms with Crippen molar-refractivity contribution in [3.63, 3.8) is 0 Å². The quantitative estimate of drug-likeness (QED) is 0.220. The fourth-order valence-electron chi connectivity index (χ4n) is 3.25. The topological polar surface area (TPSA) is 101 Å². The highest BCUT2D eigenvalue weighted by molar-refractivity contribution is 5.87. The van der Waals surface area contributed by atoms with Crippen LogP contribution in [0.5, 0.6) is 0 Å². The minimum Gasteiger partial charge on any atom is -0.460 e. The predicted octanol–water partition coefficient (Wildman–Crippen LogP) is 3.54. The van der Waals surface area contributed by atoms with Crippen LogP contribution in [0.25, 0.3) is 0 Å². The van der Waals surface area contributed by atoms with Gasteiger partial charge in [0.15, 0.2) is 6.54 Å². The zero-order valence-corrected chi connectivity index (χ0v) is 17.6. The summed E-state index contributed by atoms with van der Waals surface area (Å²) in [6.07, 6.45) is 7.74. The Morgan fingerprint density at radius 3 is 2.60 bits per heavy atom. The first-order valence-corrected chi connectivity index (χ1v) is 9.32. The maximum absolute atomic E-state index is 14.2. The molecule has 1 saturated carbocycles. The molecule has 0 amide bonds. The summed E-state index contributed by atoms with van der Waals surface area (Å²) in [5.41, 5.74) is -1.02. The van der Waals surface area contributed by atoms with Gasteiger partial charge in [-0.1, -0.05) is 19.8 Å². The first kappa shape index (κ1) is 23.1. The maximum atomic E-state index is 14.2. The third kappa shape index (κ3) is 5.26. The summed E-state index contributed by atoms with van der Waals surface area (Å²) < 4.78 is 25.7. The standard InChI is InChI=1S/C21H25FN2O6/c1-7-8-23-11-13(9-16(23)24(27)28)12-29-19(26)17-14(21(17,5)6)10-15(22)18(25)30-20(2,3)4/h1,9-11,14,17H,8,12H2,2-6H3/t14-,17-/m0/s1. The molecular formula is C21H25FN2O6. The van der Waals surface area contributed by atoms with Crippen LogP contribution in [0.2, 0.25) is 0 Å². The highest BCUT2D eigenvalue weighted by Crippen LogP contribution is 2.60. The monoisotopic (exact) mass is 420 g/mol. The lowest BCUT2D eigenvalue weighted by Crippen LogP contribution is -2.24. The molecule has 0 bridgehead atoms. The number of rotatable bonds is 7. The number of esters is 2. The Morgan fingerprint density at radius 2 is 2.07 bits per heavy atom. The second-order valence-corrected chi connectivity index (χ2v) is 8.74. The van der Waals surface area contributed by atoms with Gasteiger partial charge in [0.25, 0.3) is 0 Å². The Balaban J connectivity index is 2.03. The Hall–Kier alpha value is -3.15. The number of hydrogen-bond donors (Lipinski definition) is 0. The molecule has 0 unspecified atom stereocenters. The SMILES string of the molecule is C#CCn1cc(COC(=O)[C@@H]2[C@H](C=C(F)C(=O)OC(C)(C)C)C2(C)C)cc1[N+](=O)[O-]. The van der Waals surface area contributed by atoms with E-state index in [0.717, 1.165) is 6.08 Å². The van der Waals surface area contributed by atoms with Crippen molar-refractivity contribution in [1.82, 2.24) is 4.57 Å². The molecule has 162 valence electrons. The van der Waals surface area contributed by atoms with Crippen LogP contribution in [0.3, 0.4) is 0 Å². The highest BCUT2D eigenvalue weighted by Gasteiger charge is 2.62. The van der Waals surface area contributed by atoms with Crippen LogP contribution in [-0.4, -0.2) is 27.0 Å². The van der Waals surface area contributed by atoms with Crippen LogP contribution in [-0.2, 0) is 32.2 Å². The van der Waals surface area contributed by atoms with E-state index in [1.807, 2.05) is 0 Å². The summed E-state index contributed by atoms with van der Waals surface area (Å²) in [5.74, 6) is -1.78. The van der Waals surface area contributed by atoms with Crippen LogP contribution < -0.4 is 0 Å². The van der Waals surface area contributed by atoms with E-state index in [2.05, 4.69) is 5.92 Å². The third-order valence-electron chi connectivity index (χ3n) is 4.84. The summed E-state index contributed by atoms with van der Waals surface area (Å²) in [6.45, 7) is 8.22. The third-order valence-corrected chi connectivity index (χ3v) is 4.84. The van der Waals surface area contributed by atoms with Crippen LogP contribution in [0.4, 0.5) is 10.2 Å². The molecule has 0 aliphatic heterocycles. The molecular weight excluding hydrogens is 395 g/mol. The zero-order chi connectivity index (χ0) is 22.9. The van der Waals surface area contributed by atoms with Crippen molar-refractivity contribution >= 4 is 17.8 Å². The van der Waals surface area contributed by atoms with Crippen LogP contribution >= 0.6 is 0 Å². The Labute approximate surface area is 174 Å². The molecule has 1 fully saturated rings. The number of nitro groups is 1. The normalized spacial score (nSPS) is 20.2. The molecule has 0 spiro atoms. The van der Waals surface area contributed by atoms with E-state index >= 15 is 0 Å². The van der Waals surface area contributed by atoms with Gasteiger partial charge in [-0.2, -0.15) is 4.39 Å². The number of aromatic nitrogens is 1. The Kier molecular flexibility index (Phi) is 6.40. The lowest BCUT2D eigenvalue weighted by Gasteiger charge is -2.18. The number of terminal acetylenes is 1. The maximum Gasteiger partial charge on any atom is 0.367 e. The predicted molar refractivity (Wildman–Crippen MR) is 106 cm³/mol. The molecule has 0 radical (unpaired) electrons. The Bertz CT molecular complexity index is 932. The molecule has 30 heavy (non-hydrogen) atoms. The zero-order valence-electron chi connectivity index (χ0n) is 17.6. The van der Waals surface area contributed by atoms with E-state index < -0.39 is 45.5 Å². The molecule has 1 aromatic heterocycles. The number of allylic oxidation sites excluding steroid dienone is 1. The summed E-state index contributed by atoms with van der Waals surface area (Å²) in [6, 6.07) is 1.28. The van der Waals surface area contributed by atoms with Crippen LogP contribution in [0.1, 0.15) is 40.2 Å².